The highest BCUT2D eigenvalue weighted by molar-refractivity contribution is 6.34. The quantitative estimate of drug-likeness (QED) is 0.237. The molecule has 2 aromatic carbocycles. The first kappa shape index (κ1) is 25.0. The van der Waals surface area contributed by atoms with E-state index in [-0.39, 0.29) is 46.1 Å². The molecule has 2 N–H and O–H groups in total. The monoisotopic (exact) mass is 482 g/mol. The topological polar surface area (TPSA) is 144 Å². The largest absolute Gasteiger partial charge is 0.325 e. The van der Waals surface area contributed by atoms with E-state index in [2.05, 4.69) is 10.6 Å². The van der Waals surface area contributed by atoms with Gasteiger partial charge >= 0.3 is 0 Å². The standard InChI is InChI=1S/C20H20Cl2N4O6/c21-15-11-13(25(29)30)7-9-17(15)23-19(27)5-3-1-2-4-6-20(28)24-18-10-8-14(26(31)32)12-16(18)22/h7-12H,1-6H2,(H,23,27)(H,24,28). The van der Waals surface area contributed by atoms with Crippen molar-refractivity contribution >= 4 is 57.8 Å². The molecule has 2 aromatic rings. The van der Waals surface area contributed by atoms with Crippen LogP contribution in [0.25, 0.3) is 0 Å². The fraction of sp³-hybridized carbons (Fsp3) is 0.300. The Morgan fingerprint density at radius 1 is 0.719 bits per heavy atom. The minimum Gasteiger partial charge on any atom is -0.325 e. The molecule has 12 heteroatoms. The zero-order chi connectivity index (χ0) is 23.7. The molecule has 10 nitrogen and oxygen atoms in total. The molecule has 0 aliphatic rings. The normalized spacial score (nSPS) is 10.4. The molecule has 0 unspecified atom stereocenters. The number of benzene rings is 2. The zero-order valence-corrected chi connectivity index (χ0v) is 18.3. The number of hydrogen-bond donors (Lipinski definition) is 2. The number of rotatable bonds is 11. The molecular weight excluding hydrogens is 463 g/mol. The van der Waals surface area contributed by atoms with Crippen molar-refractivity contribution in [1.82, 2.24) is 0 Å². The summed E-state index contributed by atoms with van der Waals surface area (Å²) >= 11 is 11.9. The van der Waals surface area contributed by atoms with Crippen LogP contribution in [0.2, 0.25) is 10.0 Å². The molecule has 0 aliphatic carbocycles. The number of nitro groups is 2. The van der Waals surface area contributed by atoms with Gasteiger partial charge in [-0.25, -0.2) is 0 Å². The van der Waals surface area contributed by atoms with Gasteiger partial charge in [-0.2, -0.15) is 0 Å². The molecule has 0 fully saturated rings. The summed E-state index contributed by atoms with van der Waals surface area (Å²) in [6.07, 6.45) is 3.16. The van der Waals surface area contributed by atoms with Gasteiger partial charge in [0.2, 0.25) is 11.8 Å². The van der Waals surface area contributed by atoms with Crippen LogP contribution in [-0.4, -0.2) is 21.7 Å². The third-order valence-corrected chi connectivity index (χ3v) is 5.06. The SMILES string of the molecule is O=C(CCCCCCC(=O)Nc1ccc([N+](=O)[O-])cc1Cl)Nc1ccc([N+](=O)[O-])cc1Cl. The predicted octanol–water partition coefficient (Wildman–Crippen LogP) is 5.73. The van der Waals surface area contributed by atoms with Crippen LogP contribution in [0, 0.1) is 20.2 Å². The van der Waals surface area contributed by atoms with E-state index >= 15 is 0 Å². The van der Waals surface area contributed by atoms with Gasteiger partial charge in [0, 0.05) is 37.1 Å². The first-order chi connectivity index (χ1) is 15.2. The molecule has 2 rings (SSSR count). The van der Waals surface area contributed by atoms with Gasteiger partial charge in [0.15, 0.2) is 0 Å². The van der Waals surface area contributed by atoms with Gasteiger partial charge in [0.25, 0.3) is 11.4 Å². The van der Waals surface area contributed by atoms with Gasteiger partial charge in [0.05, 0.1) is 31.3 Å². The number of amides is 2. The number of carbonyl (C=O) groups excluding carboxylic acids is 2. The summed E-state index contributed by atoms with van der Waals surface area (Å²) in [5, 5.41) is 26.8. The maximum Gasteiger partial charge on any atom is 0.271 e. The van der Waals surface area contributed by atoms with Crippen LogP contribution in [0.5, 0.6) is 0 Å². The van der Waals surface area contributed by atoms with Crippen molar-refractivity contribution in [2.24, 2.45) is 0 Å². The first-order valence-electron chi connectivity index (χ1n) is 9.65. The number of nitrogens with zero attached hydrogens (tertiary/aromatic N) is 2. The second-order valence-electron chi connectivity index (χ2n) is 6.85. The first-order valence-corrected chi connectivity index (χ1v) is 10.4. The van der Waals surface area contributed by atoms with E-state index in [1.54, 1.807) is 0 Å². The number of anilines is 2. The minimum atomic E-state index is -0.571. The van der Waals surface area contributed by atoms with Crippen LogP contribution < -0.4 is 10.6 Å². The molecule has 0 saturated carbocycles. The summed E-state index contributed by atoms with van der Waals surface area (Å²) in [5.41, 5.74) is 0.299. The second kappa shape index (κ2) is 12.0. The van der Waals surface area contributed by atoms with Crippen molar-refractivity contribution in [1.29, 1.82) is 0 Å². The van der Waals surface area contributed by atoms with Gasteiger partial charge in [-0.1, -0.05) is 36.0 Å². The zero-order valence-electron chi connectivity index (χ0n) is 16.8. The average molecular weight is 483 g/mol. The highest BCUT2D eigenvalue weighted by Gasteiger charge is 2.13. The van der Waals surface area contributed by atoms with E-state index in [1.807, 2.05) is 0 Å². The molecule has 0 aliphatic heterocycles. The number of hydrogen-bond acceptors (Lipinski definition) is 6. The molecule has 2 amide bonds. The second-order valence-corrected chi connectivity index (χ2v) is 7.67. The van der Waals surface area contributed by atoms with Gasteiger partial charge in [0.1, 0.15) is 0 Å². The van der Waals surface area contributed by atoms with Crippen molar-refractivity contribution < 1.29 is 19.4 Å². The molecule has 32 heavy (non-hydrogen) atoms. The smallest absolute Gasteiger partial charge is 0.271 e. The highest BCUT2D eigenvalue weighted by Crippen LogP contribution is 2.28. The molecule has 0 radical (unpaired) electrons. The molecule has 170 valence electrons. The molecule has 0 aromatic heterocycles. The Balaban J connectivity index is 1.64. The molecule has 0 heterocycles. The summed E-state index contributed by atoms with van der Waals surface area (Å²) in [7, 11) is 0. The lowest BCUT2D eigenvalue weighted by Gasteiger charge is -2.08. The number of unbranched alkanes of at least 4 members (excludes halogenated alkanes) is 3. The van der Waals surface area contributed by atoms with Crippen LogP contribution >= 0.6 is 23.2 Å². The Hall–Kier alpha value is -3.24. The van der Waals surface area contributed by atoms with E-state index < -0.39 is 9.85 Å². The maximum atomic E-state index is 12.0. The lowest BCUT2D eigenvalue weighted by molar-refractivity contribution is -0.385. The lowest BCUT2D eigenvalue weighted by atomic mass is 10.1. The predicted molar refractivity (Wildman–Crippen MR) is 121 cm³/mol. The van der Waals surface area contributed by atoms with Gasteiger partial charge in [-0.05, 0) is 25.0 Å². The maximum absolute atomic E-state index is 12.0. The van der Waals surface area contributed by atoms with Crippen LogP contribution in [0.1, 0.15) is 38.5 Å². The number of halogens is 2. The Kier molecular flexibility index (Phi) is 9.36. The lowest BCUT2D eigenvalue weighted by Crippen LogP contribution is -2.12. The van der Waals surface area contributed by atoms with E-state index in [0.717, 1.165) is 12.8 Å². The fourth-order valence-corrected chi connectivity index (χ4v) is 3.23. The van der Waals surface area contributed by atoms with E-state index in [0.29, 0.717) is 24.2 Å². The van der Waals surface area contributed by atoms with Crippen LogP contribution in [0.3, 0.4) is 0 Å². The Morgan fingerprint density at radius 2 is 1.09 bits per heavy atom. The summed E-state index contributed by atoms with van der Waals surface area (Å²) in [6, 6.07) is 7.63. The third-order valence-electron chi connectivity index (χ3n) is 4.43. The summed E-state index contributed by atoms with van der Waals surface area (Å²) in [6.45, 7) is 0. The van der Waals surface area contributed by atoms with Gasteiger partial charge < -0.3 is 10.6 Å². The van der Waals surface area contributed by atoms with Crippen molar-refractivity contribution in [3.05, 3.63) is 66.7 Å². The Morgan fingerprint density at radius 3 is 1.41 bits per heavy atom. The summed E-state index contributed by atoms with van der Waals surface area (Å²) in [5.74, 6) is -0.516. The Bertz CT molecular complexity index is 950. The molecule has 0 atom stereocenters. The Labute approximate surface area is 193 Å². The van der Waals surface area contributed by atoms with E-state index in [1.165, 1.54) is 36.4 Å². The van der Waals surface area contributed by atoms with Crippen LogP contribution in [-0.2, 0) is 9.59 Å². The van der Waals surface area contributed by atoms with Gasteiger partial charge in [-0.3, -0.25) is 29.8 Å². The average Bonchev–Trinajstić information content (AvgIpc) is 2.73. The third kappa shape index (κ3) is 7.78. The minimum absolute atomic E-state index is 0.0895. The molecule has 0 spiro atoms. The van der Waals surface area contributed by atoms with Crippen LogP contribution in [0.4, 0.5) is 22.7 Å². The molecule has 0 saturated heterocycles. The number of nitro benzene ring substituents is 2. The van der Waals surface area contributed by atoms with Crippen molar-refractivity contribution in [2.75, 3.05) is 10.6 Å². The molecule has 0 bridgehead atoms. The fourth-order valence-electron chi connectivity index (χ4n) is 2.79. The number of non-ortho nitro benzene ring substituents is 2. The molecular formula is C20H20Cl2N4O6. The van der Waals surface area contributed by atoms with Gasteiger partial charge in [-0.15, -0.1) is 0 Å². The van der Waals surface area contributed by atoms with E-state index in [9.17, 15) is 29.8 Å². The van der Waals surface area contributed by atoms with Crippen LogP contribution in [0.15, 0.2) is 36.4 Å². The van der Waals surface area contributed by atoms with Crippen molar-refractivity contribution in [3.8, 4) is 0 Å². The number of nitrogens with one attached hydrogen (secondary N) is 2. The van der Waals surface area contributed by atoms with Crippen molar-refractivity contribution in [3.63, 3.8) is 0 Å². The van der Waals surface area contributed by atoms with Crippen molar-refractivity contribution in [2.45, 2.75) is 38.5 Å². The summed E-state index contributed by atoms with van der Waals surface area (Å²) in [4.78, 5) is 44.3. The van der Waals surface area contributed by atoms with E-state index in [4.69, 9.17) is 23.2 Å². The highest BCUT2D eigenvalue weighted by atomic mass is 35.5. The summed E-state index contributed by atoms with van der Waals surface area (Å²) < 4.78 is 0. The number of carbonyl (C=O) groups is 2.